The van der Waals surface area contributed by atoms with Crippen LogP contribution >= 0.6 is 0 Å². The van der Waals surface area contributed by atoms with Crippen LogP contribution in [-0.2, 0) is 31.2 Å². The summed E-state index contributed by atoms with van der Waals surface area (Å²) < 4.78 is 111. The predicted octanol–water partition coefficient (Wildman–Crippen LogP) is 5.82. The Bertz CT molecular complexity index is 1670. The first-order valence-corrected chi connectivity index (χ1v) is 13.7. The van der Waals surface area contributed by atoms with E-state index in [1.165, 1.54) is 36.4 Å². The van der Waals surface area contributed by atoms with Gasteiger partial charge in [-0.25, -0.2) is 9.78 Å². The predicted molar refractivity (Wildman–Crippen MR) is 141 cm³/mol. The minimum Gasteiger partial charge on any atom is -0.465 e. The van der Waals surface area contributed by atoms with E-state index in [0.717, 1.165) is 18.2 Å². The quantitative estimate of drug-likeness (QED) is 0.122. The van der Waals surface area contributed by atoms with Crippen LogP contribution in [0.15, 0.2) is 54.6 Å². The molecule has 1 aliphatic carbocycles. The second-order valence-electron chi connectivity index (χ2n) is 9.30. The number of aromatic nitrogens is 1. The first kappa shape index (κ1) is 31.4. The molecule has 2 amide bonds. The number of anilines is 3. The number of nitrogen functional groups attached to an aromatic ring is 1. The van der Waals surface area contributed by atoms with Gasteiger partial charge in [-0.05, 0) is 61.7 Å². The SMILES string of the molecule is CCOC(=O)C1(c2cc(-c3cccc(NC(=O)Nc4cccc(C(F)(F)F)c4)c3)c(N)c(OS(=O)(=O)C(F)(F)F)n2)CC1. The lowest BCUT2D eigenvalue weighted by molar-refractivity contribution is -0.146. The number of rotatable bonds is 8. The van der Waals surface area contributed by atoms with Crippen LogP contribution in [0.25, 0.3) is 11.1 Å². The van der Waals surface area contributed by atoms with Crippen molar-refractivity contribution in [1.29, 1.82) is 0 Å². The van der Waals surface area contributed by atoms with Gasteiger partial charge >= 0.3 is 33.8 Å². The van der Waals surface area contributed by atoms with Gasteiger partial charge in [0, 0.05) is 16.9 Å². The van der Waals surface area contributed by atoms with E-state index in [0.29, 0.717) is 0 Å². The number of ether oxygens (including phenoxy) is 1. The smallest absolute Gasteiger partial charge is 0.465 e. The summed E-state index contributed by atoms with van der Waals surface area (Å²) in [6.45, 7) is 1.53. The Kier molecular flexibility index (Phi) is 8.23. The molecule has 1 heterocycles. The van der Waals surface area contributed by atoms with E-state index in [4.69, 9.17) is 10.5 Å². The van der Waals surface area contributed by atoms with Gasteiger partial charge in [0.1, 0.15) is 11.1 Å². The number of amides is 2. The van der Waals surface area contributed by atoms with Gasteiger partial charge < -0.3 is 25.3 Å². The molecule has 4 rings (SSSR count). The van der Waals surface area contributed by atoms with Gasteiger partial charge in [0.05, 0.1) is 17.9 Å². The molecule has 0 spiro atoms. The Morgan fingerprint density at radius 2 is 1.58 bits per heavy atom. The number of esters is 1. The minimum atomic E-state index is -6.21. The second-order valence-corrected chi connectivity index (χ2v) is 10.8. The summed E-state index contributed by atoms with van der Waals surface area (Å²) in [5.74, 6) is -1.86. The molecule has 1 saturated carbocycles. The number of hydrogen-bond acceptors (Lipinski definition) is 8. The van der Waals surface area contributed by atoms with Crippen molar-refractivity contribution in [3.63, 3.8) is 0 Å². The van der Waals surface area contributed by atoms with Gasteiger partial charge in [0.2, 0.25) is 0 Å². The zero-order chi connectivity index (χ0) is 31.8. The number of nitrogens with zero attached hydrogens (tertiary/aromatic N) is 1. The number of pyridine rings is 1. The van der Waals surface area contributed by atoms with Gasteiger partial charge in [-0.3, -0.25) is 4.79 Å². The van der Waals surface area contributed by atoms with E-state index < -0.39 is 56.3 Å². The summed E-state index contributed by atoms with van der Waals surface area (Å²) in [6, 6.07) is 9.73. The molecule has 17 heteroatoms. The van der Waals surface area contributed by atoms with Gasteiger partial charge in [-0.1, -0.05) is 18.2 Å². The molecule has 0 unspecified atom stereocenters. The molecule has 0 aliphatic heterocycles. The number of hydrogen-bond donors (Lipinski definition) is 3. The third-order valence-electron chi connectivity index (χ3n) is 6.28. The average Bonchev–Trinajstić information content (AvgIpc) is 3.71. The van der Waals surface area contributed by atoms with Crippen LogP contribution in [0.2, 0.25) is 0 Å². The van der Waals surface area contributed by atoms with Crippen LogP contribution in [0, 0.1) is 0 Å². The maximum atomic E-state index is 13.1. The van der Waals surface area contributed by atoms with Crippen LogP contribution < -0.4 is 20.6 Å². The van der Waals surface area contributed by atoms with Gasteiger partial charge in [0.15, 0.2) is 0 Å². The number of alkyl halides is 6. The highest BCUT2D eigenvalue weighted by molar-refractivity contribution is 7.88. The Morgan fingerprint density at radius 3 is 2.14 bits per heavy atom. The molecule has 0 radical (unpaired) electrons. The molecule has 1 aliphatic rings. The number of carbonyl (C=O) groups excluding carboxylic acids is 2. The lowest BCUT2D eigenvalue weighted by Crippen LogP contribution is -2.29. The first-order chi connectivity index (χ1) is 20.0. The Hall–Kier alpha value is -4.54. The maximum absolute atomic E-state index is 13.1. The monoisotopic (exact) mass is 632 g/mol. The molecule has 1 aromatic heterocycles. The van der Waals surface area contributed by atoms with Gasteiger partial charge in [-0.2, -0.15) is 34.8 Å². The fourth-order valence-corrected chi connectivity index (χ4v) is 4.45. The molecule has 0 saturated heterocycles. The first-order valence-electron chi connectivity index (χ1n) is 12.3. The summed E-state index contributed by atoms with van der Waals surface area (Å²) in [6.07, 6.45) is -4.24. The van der Waals surface area contributed by atoms with Crippen LogP contribution in [-0.4, -0.2) is 37.5 Å². The van der Waals surface area contributed by atoms with Crippen LogP contribution in [0.4, 0.5) is 48.2 Å². The van der Waals surface area contributed by atoms with Crippen molar-refractivity contribution in [3.8, 4) is 17.0 Å². The Labute approximate surface area is 240 Å². The van der Waals surface area contributed by atoms with Crippen LogP contribution in [0.3, 0.4) is 0 Å². The fraction of sp³-hybridized carbons (Fsp3) is 0.269. The molecule has 230 valence electrons. The molecule has 0 bridgehead atoms. The largest absolute Gasteiger partial charge is 0.534 e. The normalized spacial score (nSPS) is 14.5. The zero-order valence-corrected chi connectivity index (χ0v) is 22.8. The summed E-state index contributed by atoms with van der Waals surface area (Å²) in [5.41, 5.74) is -2.99. The third-order valence-corrected chi connectivity index (χ3v) is 7.23. The molecule has 1 fully saturated rings. The van der Waals surface area contributed by atoms with Crippen molar-refractivity contribution in [2.24, 2.45) is 0 Å². The maximum Gasteiger partial charge on any atom is 0.534 e. The number of urea groups is 1. The Balaban J connectivity index is 1.70. The van der Waals surface area contributed by atoms with E-state index in [1.807, 2.05) is 0 Å². The summed E-state index contributed by atoms with van der Waals surface area (Å²) in [4.78, 5) is 29.0. The highest BCUT2D eigenvalue weighted by Crippen LogP contribution is 2.51. The van der Waals surface area contributed by atoms with Crippen molar-refractivity contribution < 1.29 is 53.3 Å². The van der Waals surface area contributed by atoms with E-state index in [1.54, 1.807) is 6.92 Å². The lowest BCUT2D eigenvalue weighted by atomic mass is 9.96. The van der Waals surface area contributed by atoms with Crippen LogP contribution in [0.5, 0.6) is 5.88 Å². The standard InChI is InChI=1S/C26H22F6N4O6S/c1-2-41-22(37)24(9-10-24)19-13-18(20(33)21(36-19)42-43(39,40)26(30,31)32)14-5-3-7-16(11-14)34-23(38)35-17-8-4-6-15(12-17)25(27,28)29/h3-8,11-13H,2,9-10,33H2,1H3,(H2,34,35,38). The summed E-state index contributed by atoms with van der Waals surface area (Å²) in [7, 11) is -6.21. The third kappa shape index (κ3) is 6.76. The topological polar surface area (TPSA) is 150 Å². The molecule has 43 heavy (non-hydrogen) atoms. The van der Waals surface area contributed by atoms with Crippen molar-refractivity contribution in [2.75, 3.05) is 23.0 Å². The second kappa shape index (κ2) is 11.3. The molecule has 4 N–H and O–H groups in total. The van der Waals surface area contributed by atoms with E-state index in [-0.39, 0.29) is 47.6 Å². The zero-order valence-electron chi connectivity index (χ0n) is 22.0. The van der Waals surface area contributed by atoms with Crippen molar-refractivity contribution in [1.82, 2.24) is 4.98 Å². The lowest BCUT2D eigenvalue weighted by Gasteiger charge is -2.19. The minimum absolute atomic E-state index is 0.00942. The number of benzene rings is 2. The number of carbonyl (C=O) groups is 2. The number of nitrogens with one attached hydrogen (secondary N) is 2. The molecular formula is C26H22F6N4O6S. The molecular weight excluding hydrogens is 610 g/mol. The number of halogens is 6. The highest BCUT2D eigenvalue weighted by atomic mass is 32.2. The molecule has 2 aromatic carbocycles. The van der Waals surface area contributed by atoms with Crippen LogP contribution in [0.1, 0.15) is 31.0 Å². The van der Waals surface area contributed by atoms with Crippen molar-refractivity contribution >= 4 is 39.2 Å². The molecule has 3 aromatic rings. The molecule has 10 nitrogen and oxygen atoms in total. The summed E-state index contributed by atoms with van der Waals surface area (Å²) in [5, 5.41) is 4.66. The average molecular weight is 633 g/mol. The highest BCUT2D eigenvalue weighted by Gasteiger charge is 2.55. The van der Waals surface area contributed by atoms with E-state index in [2.05, 4.69) is 19.8 Å². The van der Waals surface area contributed by atoms with Gasteiger partial charge in [0.25, 0.3) is 5.88 Å². The van der Waals surface area contributed by atoms with Crippen molar-refractivity contribution in [3.05, 3.63) is 65.9 Å². The van der Waals surface area contributed by atoms with E-state index in [9.17, 15) is 44.3 Å². The van der Waals surface area contributed by atoms with E-state index >= 15 is 0 Å². The van der Waals surface area contributed by atoms with Crippen molar-refractivity contribution in [2.45, 2.75) is 36.9 Å². The fourth-order valence-electron chi connectivity index (χ4n) is 4.02. The Morgan fingerprint density at radius 1 is 0.977 bits per heavy atom. The summed E-state index contributed by atoms with van der Waals surface area (Å²) >= 11 is 0. The molecule has 0 atom stereocenters. The number of nitrogens with two attached hydrogens (primary N) is 1. The van der Waals surface area contributed by atoms with Gasteiger partial charge in [-0.15, -0.1) is 0 Å².